The van der Waals surface area contributed by atoms with Crippen molar-refractivity contribution < 1.29 is 14.1 Å². The van der Waals surface area contributed by atoms with E-state index in [1.165, 1.54) is 30.3 Å². The lowest BCUT2D eigenvalue weighted by Crippen LogP contribution is -2.25. The van der Waals surface area contributed by atoms with Gasteiger partial charge >= 0.3 is 0 Å². The normalized spacial score (nSPS) is 10.3. The van der Waals surface area contributed by atoms with E-state index in [2.05, 4.69) is 5.32 Å². The van der Waals surface area contributed by atoms with E-state index in [0.29, 0.717) is 24.1 Å². The monoisotopic (exact) mass is 302 g/mol. The van der Waals surface area contributed by atoms with Crippen LogP contribution in [0.5, 0.6) is 0 Å². The second-order valence-corrected chi connectivity index (χ2v) is 4.89. The molecule has 5 nitrogen and oxygen atoms in total. The average molecular weight is 302 g/mol. The fourth-order valence-electron chi connectivity index (χ4n) is 2.08. The molecule has 1 amide bonds. The Labute approximate surface area is 126 Å². The Balaban J connectivity index is 1.93. The number of nitrogens with one attached hydrogen (secondary N) is 1. The largest absolute Gasteiger partial charge is 0.352 e. The summed E-state index contributed by atoms with van der Waals surface area (Å²) in [7, 11) is 0. The summed E-state index contributed by atoms with van der Waals surface area (Å²) in [6.07, 6.45) is 0.581. The third-order valence-electron chi connectivity index (χ3n) is 3.27. The molecule has 0 aliphatic heterocycles. The highest BCUT2D eigenvalue weighted by Gasteiger charge is 2.13. The molecule has 0 spiro atoms. The first-order valence-corrected chi connectivity index (χ1v) is 6.75. The van der Waals surface area contributed by atoms with Crippen LogP contribution in [0.3, 0.4) is 0 Å². The summed E-state index contributed by atoms with van der Waals surface area (Å²) in [6.45, 7) is 1.99. The summed E-state index contributed by atoms with van der Waals surface area (Å²) in [5.74, 6) is -0.589. The third kappa shape index (κ3) is 3.88. The Bertz CT molecular complexity index is 699. The number of rotatable bonds is 5. The maximum Gasteiger partial charge on any atom is 0.272 e. The van der Waals surface area contributed by atoms with Gasteiger partial charge in [0.1, 0.15) is 5.82 Å². The van der Waals surface area contributed by atoms with Crippen molar-refractivity contribution in [3.8, 4) is 0 Å². The number of hydrogen-bond acceptors (Lipinski definition) is 3. The minimum absolute atomic E-state index is 0.0112. The predicted octanol–water partition coefficient (Wildman–Crippen LogP) is 3.01. The van der Waals surface area contributed by atoms with Crippen molar-refractivity contribution >= 4 is 11.6 Å². The molecular formula is C16H15FN2O3. The van der Waals surface area contributed by atoms with E-state index < -0.39 is 4.92 Å². The van der Waals surface area contributed by atoms with E-state index in [1.54, 1.807) is 19.1 Å². The summed E-state index contributed by atoms with van der Waals surface area (Å²) in [5.41, 5.74) is 1.72. The van der Waals surface area contributed by atoms with E-state index in [9.17, 15) is 19.3 Å². The summed E-state index contributed by atoms with van der Waals surface area (Å²) < 4.78 is 12.8. The standard InChI is InChI=1S/C16H15FN2O3/c1-11-10-13(4-7-15(11)19(21)22)16(20)18-9-8-12-2-5-14(17)6-3-12/h2-7,10H,8-9H2,1H3,(H,18,20). The fourth-order valence-corrected chi connectivity index (χ4v) is 2.08. The van der Waals surface area contributed by atoms with Crippen molar-refractivity contribution in [2.45, 2.75) is 13.3 Å². The van der Waals surface area contributed by atoms with Gasteiger partial charge in [-0.15, -0.1) is 0 Å². The van der Waals surface area contributed by atoms with Crippen LogP contribution < -0.4 is 5.32 Å². The maximum absolute atomic E-state index is 12.8. The molecule has 0 heterocycles. The summed E-state index contributed by atoms with van der Waals surface area (Å²) in [5, 5.41) is 13.5. The molecule has 2 aromatic carbocycles. The van der Waals surface area contributed by atoms with Crippen molar-refractivity contribution in [3.05, 3.63) is 75.1 Å². The lowest BCUT2D eigenvalue weighted by atomic mass is 10.1. The van der Waals surface area contributed by atoms with E-state index >= 15 is 0 Å². The molecule has 0 saturated heterocycles. The highest BCUT2D eigenvalue weighted by atomic mass is 19.1. The molecule has 0 bridgehead atoms. The molecule has 0 saturated carbocycles. The van der Waals surface area contributed by atoms with Gasteiger partial charge in [0.05, 0.1) is 4.92 Å². The molecule has 0 atom stereocenters. The molecule has 0 fully saturated rings. The topological polar surface area (TPSA) is 72.2 Å². The third-order valence-corrected chi connectivity index (χ3v) is 3.27. The minimum Gasteiger partial charge on any atom is -0.352 e. The van der Waals surface area contributed by atoms with Crippen molar-refractivity contribution in [2.75, 3.05) is 6.54 Å². The first-order valence-electron chi connectivity index (χ1n) is 6.75. The summed E-state index contributed by atoms with van der Waals surface area (Å²) in [4.78, 5) is 22.2. The Hall–Kier alpha value is -2.76. The fraction of sp³-hybridized carbons (Fsp3) is 0.188. The molecule has 2 rings (SSSR count). The predicted molar refractivity (Wildman–Crippen MR) is 80.3 cm³/mol. The van der Waals surface area contributed by atoms with E-state index in [-0.39, 0.29) is 17.4 Å². The average Bonchev–Trinajstić information content (AvgIpc) is 2.48. The van der Waals surface area contributed by atoms with Gasteiger partial charge in [-0.3, -0.25) is 14.9 Å². The molecule has 114 valence electrons. The Morgan fingerprint density at radius 2 is 1.91 bits per heavy atom. The molecule has 6 heteroatoms. The van der Waals surface area contributed by atoms with Crippen molar-refractivity contribution in [2.24, 2.45) is 0 Å². The van der Waals surface area contributed by atoms with Crippen molar-refractivity contribution in [1.29, 1.82) is 0 Å². The molecule has 0 unspecified atom stereocenters. The molecule has 0 aliphatic carbocycles. The quantitative estimate of drug-likeness (QED) is 0.681. The smallest absolute Gasteiger partial charge is 0.272 e. The number of benzene rings is 2. The molecule has 22 heavy (non-hydrogen) atoms. The van der Waals surface area contributed by atoms with Crippen LogP contribution in [-0.2, 0) is 6.42 Å². The maximum atomic E-state index is 12.8. The second kappa shape index (κ2) is 6.80. The number of carbonyl (C=O) groups is 1. The molecule has 0 aromatic heterocycles. The summed E-state index contributed by atoms with van der Waals surface area (Å²) in [6, 6.07) is 10.3. The van der Waals surface area contributed by atoms with Gasteiger partial charge in [0.15, 0.2) is 0 Å². The van der Waals surface area contributed by atoms with Crippen LogP contribution in [-0.4, -0.2) is 17.4 Å². The molecule has 0 radical (unpaired) electrons. The molecular weight excluding hydrogens is 287 g/mol. The Kier molecular flexibility index (Phi) is 4.83. The van der Waals surface area contributed by atoms with Crippen LogP contribution in [0.4, 0.5) is 10.1 Å². The van der Waals surface area contributed by atoms with Gasteiger partial charge < -0.3 is 5.32 Å². The van der Waals surface area contributed by atoms with Crippen molar-refractivity contribution in [3.63, 3.8) is 0 Å². The molecule has 0 aliphatic rings. The van der Waals surface area contributed by atoms with Crippen molar-refractivity contribution in [1.82, 2.24) is 5.32 Å². The molecule has 1 N–H and O–H groups in total. The zero-order valence-corrected chi connectivity index (χ0v) is 12.0. The van der Waals surface area contributed by atoms with Crippen LogP contribution >= 0.6 is 0 Å². The van der Waals surface area contributed by atoms with Crippen LogP contribution in [0.15, 0.2) is 42.5 Å². The van der Waals surface area contributed by atoms with E-state index in [4.69, 9.17) is 0 Å². The number of halogens is 1. The van der Waals surface area contributed by atoms with E-state index in [0.717, 1.165) is 5.56 Å². The van der Waals surface area contributed by atoms with Gasteiger partial charge in [-0.1, -0.05) is 12.1 Å². The van der Waals surface area contributed by atoms with Crippen LogP contribution in [0, 0.1) is 22.9 Å². The second-order valence-electron chi connectivity index (χ2n) is 4.89. The van der Waals surface area contributed by atoms with Crippen LogP contribution in [0.25, 0.3) is 0 Å². The number of carbonyl (C=O) groups excluding carboxylic acids is 1. The van der Waals surface area contributed by atoms with Gasteiger partial charge in [-0.2, -0.15) is 0 Å². The Morgan fingerprint density at radius 3 is 2.50 bits per heavy atom. The molecule has 2 aromatic rings. The highest BCUT2D eigenvalue weighted by molar-refractivity contribution is 5.94. The van der Waals surface area contributed by atoms with Gasteiger partial charge in [-0.25, -0.2) is 4.39 Å². The summed E-state index contributed by atoms with van der Waals surface area (Å²) >= 11 is 0. The number of nitrogens with zero attached hydrogens (tertiary/aromatic N) is 1. The lowest BCUT2D eigenvalue weighted by Gasteiger charge is -2.06. The van der Waals surface area contributed by atoms with E-state index in [1.807, 2.05) is 0 Å². The van der Waals surface area contributed by atoms with Gasteiger partial charge in [0.25, 0.3) is 11.6 Å². The van der Waals surface area contributed by atoms with Gasteiger partial charge in [-0.05, 0) is 43.2 Å². The number of aryl methyl sites for hydroxylation is 1. The number of nitro groups is 1. The van der Waals surface area contributed by atoms with Gasteiger partial charge in [0.2, 0.25) is 0 Å². The van der Waals surface area contributed by atoms with Gasteiger partial charge in [0, 0.05) is 23.7 Å². The number of amides is 1. The van der Waals surface area contributed by atoms with Crippen LogP contribution in [0.1, 0.15) is 21.5 Å². The zero-order chi connectivity index (χ0) is 16.1. The Morgan fingerprint density at radius 1 is 1.23 bits per heavy atom. The first-order chi connectivity index (χ1) is 10.5. The first kappa shape index (κ1) is 15.6. The highest BCUT2D eigenvalue weighted by Crippen LogP contribution is 2.18. The SMILES string of the molecule is Cc1cc(C(=O)NCCc2ccc(F)cc2)ccc1[N+](=O)[O-]. The number of hydrogen-bond donors (Lipinski definition) is 1. The zero-order valence-electron chi connectivity index (χ0n) is 12.0. The minimum atomic E-state index is -0.481. The number of nitro benzene ring substituents is 1. The van der Waals surface area contributed by atoms with Crippen LogP contribution in [0.2, 0.25) is 0 Å². The lowest BCUT2D eigenvalue weighted by molar-refractivity contribution is -0.385.